The second-order valence-corrected chi connectivity index (χ2v) is 4.28. The number of carbonyl (C=O) groups is 2. The maximum absolute atomic E-state index is 11.7. The topological polar surface area (TPSA) is 94.4 Å². The minimum Gasteiger partial charge on any atom is -0.468 e. The van der Waals surface area contributed by atoms with Crippen molar-refractivity contribution in [2.24, 2.45) is 5.73 Å². The van der Waals surface area contributed by atoms with E-state index in [-0.39, 0.29) is 0 Å². The largest absolute Gasteiger partial charge is 0.468 e. The highest BCUT2D eigenvalue weighted by atomic mass is 16.5. The standard InChI is InChI=1S/C13H20N2O4/c1-5-19-13(17)11-7(2)9(8(3)15-11)6-10(14)12(16)18-4/h10,15H,5-6,14H2,1-4H3. The lowest BCUT2D eigenvalue weighted by Crippen LogP contribution is -2.33. The van der Waals surface area contributed by atoms with Crippen molar-refractivity contribution in [1.29, 1.82) is 0 Å². The van der Waals surface area contributed by atoms with Crippen molar-refractivity contribution in [2.45, 2.75) is 33.2 Å². The zero-order chi connectivity index (χ0) is 14.6. The summed E-state index contributed by atoms with van der Waals surface area (Å²) in [4.78, 5) is 26.0. The van der Waals surface area contributed by atoms with Crippen LogP contribution in [0.4, 0.5) is 0 Å². The molecule has 1 aromatic rings. The highest BCUT2D eigenvalue weighted by Crippen LogP contribution is 2.20. The monoisotopic (exact) mass is 268 g/mol. The molecule has 6 nitrogen and oxygen atoms in total. The minimum atomic E-state index is -0.742. The van der Waals surface area contributed by atoms with Gasteiger partial charge in [0.2, 0.25) is 0 Å². The maximum Gasteiger partial charge on any atom is 0.355 e. The van der Waals surface area contributed by atoms with Gasteiger partial charge in [-0.25, -0.2) is 4.79 Å². The molecule has 0 saturated heterocycles. The molecule has 19 heavy (non-hydrogen) atoms. The van der Waals surface area contributed by atoms with Crippen LogP contribution in [-0.4, -0.2) is 36.7 Å². The number of nitrogens with two attached hydrogens (primary N) is 1. The van der Waals surface area contributed by atoms with Crippen LogP contribution in [0, 0.1) is 13.8 Å². The van der Waals surface area contributed by atoms with E-state index >= 15 is 0 Å². The summed E-state index contributed by atoms with van der Waals surface area (Å²) in [6.45, 7) is 5.69. The van der Waals surface area contributed by atoms with E-state index in [1.807, 2.05) is 6.92 Å². The van der Waals surface area contributed by atoms with Crippen molar-refractivity contribution >= 4 is 11.9 Å². The van der Waals surface area contributed by atoms with E-state index < -0.39 is 18.0 Å². The molecule has 0 fully saturated rings. The van der Waals surface area contributed by atoms with Gasteiger partial charge in [-0.2, -0.15) is 0 Å². The van der Waals surface area contributed by atoms with Crippen molar-refractivity contribution in [3.8, 4) is 0 Å². The van der Waals surface area contributed by atoms with Crippen LogP contribution >= 0.6 is 0 Å². The summed E-state index contributed by atoms with van der Waals surface area (Å²) in [6.07, 6.45) is 0.320. The average molecular weight is 268 g/mol. The molecule has 1 unspecified atom stereocenters. The first-order valence-electron chi connectivity index (χ1n) is 6.10. The molecule has 1 heterocycles. The average Bonchev–Trinajstić information content (AvgIpc) is 2.66. The Labute approximate surface area is 112 Å². The Bertz CT molecular complexity index is 479. The first kappa shape index (κ1) is 15.2. The fraction of sp³-hybridized carbons (Fsp3) is 0.538. The van der Waals surface area contributed by atoms with Crippen LogP contribution in [0.3, 0.4) is 0 Å². The zero-order valence-corrected chi connectivity index (χ0v) is 11.7. The third kappa shape index (κ3) is 3.35. The fourth-order valence-electron chi connectivity index (χ4n) is 1.96. The van der Waals surface area contributed by atoms with Crippen molar-refractivity contribution in [3.05, 3.63) is 22.5 Å². The zero-order valence-electron chi connectivity index (χ0n) is 11.7. The van der Waals surface area contributed by atoms with Crippen LogP contribution in [0.2, 0.25) is 0 Å². The summed E-state index contributed by atoms with van der Waals surface area (Å²) < 4.78 is 9.55. The first-order chi connectivity index (χ1) is 8.92. The van der Waals surface area contributed by atoms with E-state index in [0.29, 0.717) is 18.7 Å². The smallest absolute Gasteiger partial charge is 0.355 e. The van der Waals surface area contributed by atoms with Crippen LogP contribution < -0.4 is 5.73 Å². The van der Waals surface area contributed by atoms with E-state index in [0.717, 1.165) is 16.8 Å². The van der Waals surface area contributed by atoms with E-state index in [4.69, 9.17) is 10.5 Å². The van der Waals surface area contributed by atoms with Crippen LogP contribution in [0.15, 0.2) is 0 Å². The number of aryl methyl sites for hydroxylation is 1. The number of esters is 2. The Hall–Kier alpha value is -1.82. The van der Waals surface area contributed by atoms with Gasteiger partial charge in [-0.3, -0.25) is 4.79 Å². The van der Waals surface area contributed by atoms with E-state index in [2.05, 4.69) is 9.72 Å². The van der Waals surface area contributed by atoms with Crippen molar-refractivity contribution in [2.75, 3.05) is 13.7 Å². The van der Waals surface area contributed by atoms with E-state index in [1.54, 1.807) is 13.8 Å². The molecule has 0 aromatic carbocycles. The molecule has 0 aliphatic rings. The molecule has 1 rings (SSSR count). The van der Waals surface area contributed by atoms with E-state index in [1.165, 1.54) is 7.11 Å². The Morgan fingerprint density at radius 3 is 2.53 bits per heavy atom. The number of carbonyl (C=O) groups excluding carboxylic acids is 2. The van der Waals surface area contributed by atoms with Crippen molar-refractivity contribution in [1.82, 2.24) is 4.98 Å². The number of H-pyrrole nitrogens is 1. The molecule has 6 heteroatoms. The van der Waals surface area contributed by atoms with Gasteiger partial charge in [0, 0.05) is 12.1 Å². The molecule has 0 aliphatic heterocycles. The fourth-order valence-corrected chi connectivity index (χ4v) is 1.96. The lowest BCUT2D eigenvalue weighted by molar-refractivity contribution is -0.142. The van der Waals surface area contributed by atoms with Crippen molar-refractivity contribution < 1.29 is 19.1 Å². The lowest BCUT2D eigenvalue weighted by Gasteiger charge is -2.09. The predicted molar refractivity (Wildman–Crippen MR) is 69.9 cm³/mol. The Kier molecular flexibility index (Phi) is 5.11. The van der Waals surface area contributed by atoms with E-state index in [9.17, 15) is 9.59 Å². The number of hydrogen-bond acceptors (Lipinski definition) is 5. The van der Waals surface area contributed by atoms with Crippen LogP contribution in [-0.2, 0) is 20.7 Å². The molecule has 0 radical (unpaired) electrons. The number of nitrogens with one attached hydrogen (secondary N) is 1. The van der Waals surface area contributed by atoms with Gasteiger partial charge in [0.25, 0.3) is 0 Å². The third-order valence-electron chi connectivity index (χ3n) is 3.00. The number of rotatable bonds is 5. The molecular weight excluding hydrogens is 248 g/mol. The summed E-state index contributed by atoms with van der Waals surface area (Å²) >= 11 is 0. The van der Waals surface area contributed by atoms with Gasteiger partial charge in [0.1, 0.15) is 11.7 Å². The number of hydrogen-bond donors (Lipinski definition) is 2. The van der Waals surface area contributed by atoms with Gasteiger partial charge in [-0.1, -0.05) is 0 Å². The van der Waals surface area contributed by atoms with Crippen LogP contribution in [0.1, 0.15) is 34.2 Å². The highest BCUT2D eigenvalue weighted by Gasteiger charge is 2.22. The SMILES string of the molecule is CCOC(=O)c1[nH]c(C)c(CC(N)C(=O)OC)c1C. The molecule has 1 aromatic heterocycles. The second kappa shape index (κ2) is 6.38. The molecule has 0 spiro atoms. The molecule has 0 aliphatic carbocycles. The Balaban J connectivity index is 2.97. The molecular formula is C13H20N2O4. The third-order valence-corrected chi connectivity index (χ3v) is 3.00. The van der Waals surface area contributed by atoms with Gasteiger partial charge in [0.15, 0.2) is 0 Å². The summed E-state index contributed by atoms with van der Waals surface area (Å²) in [5.41, 5.74) is 8.56. The highest BCUT2D eigenvalue weighted by molar-refractivity contribution is 5.90. The van der Waals surface area contributed by atoms with Crippen LogP contribution in [0.25, 0.3) is 0 Å². The first-order valence-corrected chi connectivity index (χ1v) is 6.10. The molecule has 0 saturated carbocycles. The normalized spacial score (nSPS) is 12.1. The van der Waals surface area contributed by atoms with Crippen molar-refractivity contribution in [3.63, 3.8) is 0 Å². The van der Waals surface area contributed by atoms with Gasteiger partial charge in [-0.05, 0) is 31.9 Å². The Morgan fingerprint density at radius 1 is 1.37 bits per heavy atom. The maximum atomic E-state index is 11.7. The summed E-state index contributed by atoms with van der Waals surface area (Å²) in [5, 5.41) is 0. The van der Waals surface area contributed by atoms with Gasteiger partial charge in [-0.15, -0.1) is 0 Å². The lowest BCUT2D eigenvalue weighted by atomic mass is 10.0. The molecule has 3 N–H and O–H groups in total. The summed E-state index contributed by atoms with van der Waals surface area (Å²) in [7, 11) is 1.29. The van der Waals surface area contributed by atoms with Gasteiger partial charge in [0.05, 0.1) is 13.7 Å². The number of methoxy groups -OCH3 is 1. The quantitative estimate of drug-likeness (QED) is 0.772. The van der Waals surface area contributed by atoms with Gasteiger partial charge < -0.3 is 20.2 Å². The van der Waals surface area contributed by atoms with Gasteiger partial charge >= 0.3 is 11.9 Å². The molecule has 0 bridgehead atoms. The Morgan fingerprint density at radius 2 is 2.00 bits per heavy atom. The number of ether oxygens (including phenoxy) is 2. The molecule has 106 valence electrons. The molecule has 0 amide bonds. The second-order valence-electron chi connectivity index (χ2n) is 4.28. The predicted octanol–water partition coefficient (Wildman–Crippen LogP) is 0.851. The number of aromatic amines is 1. The summed E-state index contributed by atoms with van der Waals surface area (Å²) in [5.74, 6) is -0.876. The minimum absolute atomic E-state index is 0.313. The number of aromatic nitrogens is 1. The van der Waals surface area contributed by atoms with Crippen LogP contribution in [0.5, 0.6) is 0 Å². The molecule has 1 atom stereocenters. The summed E-state index contributed by atoms with van der Waals surface area (Å²) in [6, 6.07) is -0.742.